The third-order valence-corrected chi connectivity index (χ3v) is 22.3. The average molecular weight is 1300 g/mol. The van der Waals surface area contributed by atoms with Gasteiger partial charge in [0.25, 0.3) is 0 Å². The van der Waals surface area contributed by atoms with E-state index in [1.54, 1.807) is 0 Å². The topological polar surface area (TPSA) is 456 Å². The molecule has 4 aliphatic carbocycles. The quantitative estimate of drug-likeness (QED) is 0.0384. The first-order valence-corrected chi connectivity index (χ1v) is 32.0. The average Bonchev–Trinajstić information content (AvgIpc) is 1.48. The molecule has 9 rings (SSSR count). The Balaban J connectivity index is 0.894. The molecule has 0 radical (unpaired) electrons. The number of allylic oxidation sites excluding steroid dienone is 2. The van der Waals surface area contributed by atoms with Gasteiger partial charge < -0.3 is 139 Å². The van der Waals surface area contributed by atoms with Crippen LogP contribution in [0.3, 0.4) is 0 Å². The van der Waals surface area contributed by atoms with Crippen molar-refractivity contribution in [2.75, 3.05) is 33.0 Å². The first-order valence-electron chi connectivity index (χ1n) is 32.0. The zero-order chi connectivity index (χ0) is 65.9. The minimum absolute atomic E-state index is 0.0257. The Morgan fingerprint density at radius 3 is 1.62 bits per heavy atom. The van der Waals surface area contributed by atoms with Gasteiger partial charge >= 0.3 is 0 Å². The molecule has 3 saturated carbocycles. The van der Waals surface area contributed by atoms with Gasteiger partial charge in [0.2, 0.25) is 0 Å². The summed E-state index contributed by atoms with van der Waals surface area (Å²) in [5, 5.41) is 193. The summed E-state index contributed by atoms with van der Waals surface area (Å²) in [6, 6.07) is 0. The number of hydrogen-bond acceptors (Lipinski definition) is 28. The van der Waals surface area contributed by atoms with Gasteiger partial charge in [-0.3, -0.25) is 0 Å². The van der Waals surface area contributed by atoms with Crippen molar-refractivity contribution in [1.82, 2.24) is 0 Å². The van der Waals surface area contributed by atoms with E-state index >= 15 is 0 Å². The third-order valence-electron chi connectivity index (χ3n) is 22.3. The number of aliphatic hydroxyl groups excluding tert-OH is 17. The molecule has 8 fully saturated rings. The Morgan fingerprint density at radius 1 is 0.578 bits per heavy atom. The van der Waals surface area contributed by atoms with Crippen molar-refractivity contribution in [2.45, 2.75) is 277 Å². The summed E-state index contributed by atoms with van der Waals surface area (Å²) in [5.41, 5.74) is 1.72. The predicted octanol–water partition coefficient (Wildman–Crippen LogP) is -4.06. The van der Waals surface area contributed by atoms with Crippen LogP contribution in [-0.2, 0) is 47.4 Å². The monoisotopic (exact) mass is 1290 g/mol. The summed E-state index contributed by atoms with van der Waals surface area (Å²) in [6.07, 6.45) is -31.4. The zero-order valence-electron chi connectivity index (χ0n) is 52.1. The van der Waals surface area contributed by atoms with Gasteiger partial charge in [0.05, 0.1) is 50.8 Å². The lowest BCUT2D eigenvalue weighted by atomic mass is 9.49. The molecule has 518 valence electrons. The van der Waals surface area contributed by atoms with E-state index in [-0.39, 0.29) is 46.8 Å². The highest BCUT2D eigenvalue weighted by Gasteiger charge is 2.65. The second-order valence-corrected chi connectivity index (χ2v) is 28.2. The van der Waals surface area contributed by atoms with Crippen LogP contribution in [0, 0.1) is 45.8 Å². The fourth-order valence-electron chi connectivity index (χ4n) is 17.0. The molecule has 18 N–H and O–H groups in total. The fraction of sp³-hybridized carbons (Fsp3) is 0.919. The molecule has 0 amide bonds. The van der Waals surface area contributed by atoms with Gasteiger partial charge in [-0.15, -0.1) is 5.73 Å². The molecule has 5 aliphatic heterocycles. The zero-order valence-corrected chi connectivity index (χ0v) is 52.1. The number of aliphatic hydroxyl groups is 18. The number of ether oxygens (including phenoxy) is 10. The summed E-state index contributed by atoms with van der Waals surface area (Å²) < 4.78 is 59.7. The molecule has 9 aliphatic rings. The summed E-state index contributed by atoms with van der Waals surface area (Å²) in [5.74, 6) is 0.836. The van der Waals surface area contributed by atoms with Gasteiger partial charge in [-0.25, -0.2) is 0 Å². The Bertz CT molecular complexity index is 2400. The van der Waals surface area contributed by atoms with E-state index in [1.165, 1.54) is 19.4 Å². The van der Waals surface area contributed by atoms with E-state index < -0.39 is 210 Å². The molecule has 90 heavy (non-hydrogen) atoms. The molecule has 0 aromatic heterocycles. The number of hydrogen-bond donors (Lipinski definition) is 18. The van der Waals surface area contributed by atoms with Crippen molar-refractivity contribution < 1.29 is 139 Å². The van der Waals surface area contributed by atoms with Gasteiger partial charge in [-0.1, -0.05) is 52.3 Å². The Labute approximate surface area is 523 Å². The third kappa shape index (κ3) is 13.6. The molecule has 28 nitrogen and oxygen atoms in total. The van der Waals surface area contributed by atoms with Crippen molar-refractivity contribution in [3.05, 3.63) is 30.0 Å². The SMILES string of the molecule is C=C=C[C@@]12CC[C@H]([C@H](C)CCC(OC3OC(COC4OC(CO)C(O)C(O)C4O)C(O)C(O)C3OC3OC(CO)C(O)C(O)C3O)C(C)(C)O)[C@@]1(C)CCC[C@@H]1C3CC[C@H](OC4OC(CO)C(OC5OC(CO)C(O)C(O)C5O)C(O)C4O)C(C)(C)C3=CCC12. The van der Waals surface area contributed by atoms with E-state index in [2.05, 4.69) is 52.2 Å². The van der Waals surface area contributed by atoms with Crippen LogP contribution >= 0.6 is 0 Å². The van der Waals surface area contributed by atoms with Gasteiger partial charge in [-0.2, -0.15) is 0 Å². The first-order chi connectivity index (χ1) is 42.4. The number of rotatable bonds is 21. The van der Waals surface area contributed by atoms with Crippen LogP contribution in [0.5, 0.6) is 0 Å². The Kier molecular flexibility index (Phi) is 23.4. The van der Waals surface area contributed by atoms with Crippen molar-refractivity contribution in [3.63, 3.8) is 0 Å². The van der Waals surface area contributed by atoms with Crippen molar-refractivity contribution in [3.8, 4) is 0 Å². The maximum absolute atomic E-state index is 11.9. The summed E-state index contributed by atoms with van der Waals surface area (Å²) in [4.78, 5) is 0. The van der Waals surface area contributed by atoms with Crippen molar-refractivity contribution >= 4 is 0 Å². The normalized spacial score (nSPS) is 49.7. The highest BCUT2D eigenvalue weighted by molar-refractivity contribution is 5.29. The molecule has 5 heterocycles. The van der Waals surface area contributed by atoms with Crippen LogP contribution in [0.1, 0.15) is 106 Å². The minimum atomic E-state index is -1.94. The molecule has 0 aromatic rings. The van der Waals surface area contributed by atoms with Gasteiger partial charge in [-0.05, 0) is 113 Å². The van der Waals surface area contributed by atoms with E-state index in [9.17, 15) is 91.9 Å². The first kappa shape index (κ1) is 72.4. The summed E-state index contributed by atoms with van der Waals surface area (Å²) in [6.45, 7) is 12.4. The predicted molar refractivity (Wildman–Crippen MR) is 307 cm³/mol. The molecular formula is C62H102O28. The largest absolute Gasteiger partial charge is 0.394 e. The van der Waals surface area contributed by atoms with Crippen molar-refractivity contribution in [2.24, 2.45) is 45.8 Å². The van der Waals surface area contributed by atoms with E-state index in [4.69, 9.17) is 47.4 Å². The molecule has 28 heteroatoms. The van der Waals surface area contributed by atoms with Gasteiger partial charge in [0, 0.05) is 10.8 Å². The molecule has 34 atom stereocenters. The number of fused-ring (bicyclic) bond motifs is 5. The van der Waals surface area contributed by atoms with Crippen LogP contribution in [0.25, 0.3) is 0 Å². The highest BCUT2D eigenvalue weighted by atomic mass is 16.8. The van der Waals surface area contributed by atoms with Crippen LogP contribution < -0.4 is 0 Å². The second-order valence-electron chi connectivity index (χ2n) is 28.2. The van der Waals surface area contributed by atoms with E-state index in [0.717, 1.165) is 44.9 Å². The fourth-order valence-corrected chi connectivity index (χ4v) is 17.0. The van der Waals surface area contributed by atoms with Crippen LogP contribution in [0.4, 0.5) is 0 Å². The molecule has 0 aromatic carbocycles. The Morgan fingerprint density at radius 2 is 1.07 bits per heavy atom. The lowest BCUT2D eigenvalue weighted by molar-refractivity contribution is -0.380. The maximum atomic E-state index is 11.9. The molecule has 28 unspecified atom stereocenters. The second kappa shape index (κ2) is 29.1. The summed E-state index contributed by atoms with van der Waals surface area (Å²) >= 11 is 0. The van der Waals surface area contributed by atoms with Crippen molar-refractivity contribution in [1.29, 1.82) is 0 Å². The van der Waals surface area contributed by atoms with E-state index in [1.807, 2.05) is 0 Å². The molecular weight excluding hydrogens is 1190 g/mol. The van der Waals surface area contributed by atoms with Gasteiger partial charge in [0.15, 0.2) is 31.5 Å². The maximum Gasteiger partial charge on any atom is 0.187 e. The van der Waals surface area contributed by atoms with Crippen LogP contribution in [0.2, 0.25) is 0 Å². The standard InChI is InChI=1S/C62H102O28/c1-8-18-62-20-17-29(26(2)11-15-38(60(5,6)80)88-58-53(90-57-50(78)45(73)41(69)34(23-65)84-57)46(74)42(70)36(86-58)25-81-54-48(76)43(71)39(67)32(21-63)82-54)61(62,7)19-9-10-27-28-12-16-37(59(3,4)30(28)13-14-31(27)62)87-55-51(79)47(75)52(35(24-66)85-55)89-56-49(77)44(72)40(68)33(22-64)83-56/h13,18,26-29,31-58,63-80H,1,9-12,14-17,19-25H2,2-7H3/t26-,27-,28?,29-,31?,32?,33?,34?,35?,36?,37+,38?,39?,40?,41?,42?,43?,44?,45?,46?,47?,48?,49?,50?,51?,52?,53?,54?,55?,56?,57?,58?,61-,62+/m1/s1. The molecule has 0 bridgehead atoms. The molecule has 0 spiro atoms. The Hall–Kier alpha value is -1.86. The lowest BCUT2D eigenvalue weighted by Gasteiger charge is -2.56. The highest BCUT2D eigenvalue weighted by Crippen LogP contribution is 2.71. The van der Waals surface area contributed by atoms with Gasteiger partial charge in [0.1, 0.15) is 122 Å². The summed E-state index contributed by atoms with van der Waals surface area (Å²) in [7, 11) is 0. The smallest absolute Gasteiger partial charge is 0.187 e. The van der Waals surface area contributed by atoms with Crippen LogP contribution in [-0.4, -0.2) is 296 Å². The minimum Gasteiger partial charge on any atom is -0.394 e. The molecule has 5 saturated heterocycles. The lowest BCUT2D eigenvalue weighted by Crippen LogP contribution is -2.65. The van der Waals surface area contributed by atoms with E-state index in [0.29, 0.717) is 12.8 Å². The van der Waals surface area contributed by atoms with Crippen LogP contribution in [0.15, 0.2) is 30.0 Å².